The molecule has 0 spiro atoms. The van der Waals surface area contributed by atoms with E-state index in [2.05, 4.69) is 43.4 Å². The Balaban J connectivity index is 1.60. The average Bonchev–Trinajstić information content (AvgIpc) is 2.86. The second kappa shape index (κ2) is 9.82. The molecule has 4 heteroatoms. The van der Waals surface area contributed by atoms with E-state index in [1.165, 1.54) is 48.1 Å². The number of nitrogens with one attached hydrogen (secondary N) is 1. The summed E-state index contributed by atoms with van der Waals surface area (Å²) in [5.74, 6) is 0.0400. The van der Waals surface area contributed by atoms with Crippen LogP contribution < -0.4 is 5.32 Å². The molecule has 4 rings (SSSR count). The van der Waals surface area contributed by atoms with Crippen LogP contribution in [0.3, 0.4) is 0 Å². The maximum absolute atomic E-state index is 13.0. The minimum Gasteiger partial charge on any atom is -0.349 e. The molecule has 1 saturated carbocycles. The van der Waals surface area contributed by atoms with Crippen molar-refractivity contribution in [2.24, 2.45) is 4.99 Å². The summed E-state index contributed by atoms with van der Waals surface area (Å²) in [6, 6.07) is 12.9. The number of aliphatic imine (C=N–C) groups is 1. The van der Waals surface area contributed by atoms with E-state index in [-0.39, 0.29) is 5.91 Å². The number of benzene rings is 2. The summed E-state index contributed by atoms with van der Waals surface area (Å²) in [6.07, 6.45) is 10.5. The van der Waals surface area contributed by atoms with Gasteiger partial charge in [0, 0.05) is 32.7 Å². The van der Waals surface area contributed by atoms with Crippen LogP contribution in [0.2, 0.25) is 0 Å². The summed E-state index contributed by atoms with van der Waals surface area (Å²) >= 11 is 1.76. The zero-order valence-corrected chi connectivity index (χ0v) is 19.0. The number of hydrogen-bond donors (Lipinski definition) is 1. The van der Waals surface area contributed by atoms with Gasteiger partial charge in [0.2, 0.25) is 0 Å². The first kappa shape index (κ1) is 21.2. The molecular weight excluding hydrogens is 388 g/mol. The van der Waals surface area contributed by atoms with E-state index in [1.54, 1.807) is 11.8 Å². The Labute approximate surface area is 184 Å². The molecular formula is C26H32N2OS. The molecule has 1 amide bonds. The van der Waals surface area contributed by atoms with Gasteiger partial charge >= 0.3 is 0 Å². The molecule has 1 aliphatic heterocycles. The first-order chi connectivity index (χ1) is 14.6. The van der Waals surface area contributed by atoms with Gasteiger partial charge in [0.25, 0.3) is 5.91 Å². The van der Waals surface area contributed by atoms with Crippen LogP contribution >= 0.6 is 11.8 Å². The van der Waals surface area contributed by atoms with Gasteiger partial charge in [-0.1, -0.05) is 68.8 Å². The SMILES string of the molecule is CCCC1=Nc2cc(C(=O)NC3CCCCCCC3)ccc2Sc2ccc(C)cc21. The lowest BCUT2D eigenvalue weighted by Gasteiger charge is -2.21. The van der Waals surface area contributed by atoms with E-state index < -0.39 is 0 Å². The molecule has 30 heavy (non-hydrogen) atoms. The molecule has 0 bridgehead atoms. The summed E-state index contributed by atoms with van der Waals surface area (Å²) in [7, 11) is 0. The Morgan fingerprint density at radius 1 is 1.03 bits per heavy atom. The first-order valence-corrected chi connectivity index (χ1v) is 12.3. The van der Waals surface area contributed by atoms with Crippen molar-refractivity contribution in [3.05, 3.63) is 53.1 Å². The zero-order chi connectivity index (χ0) is 20.9. The molecule has 2 aliphatic rings. The standard InChI is InChI=1S/C26H32N2OS/c1-3-9-22-21-16-18(2)12-14-24(21)30-25-15-13-19(17-23(25)28-22)26(29)27-20-10-7-5-4-6-8-11-20/h12-17,20H,3-11H2,1-2H3,(H,27,29). The highest BCUT2D eigenvalue weighted by molar-refractivity contribution is 7.99. The van der Waals surface area contributed by atoms with Crippen LogP contribution in [0.5, 0.6) is 0 Å². The van der Waals surface area contributed by atoms with Crippen molar-refractivity contribution in [1.29, 1.82) is 0 Å². The highest BCUT2D eigenvalue weighted by Gasteiger charge is 2.20. The van der Waals surface area contributed by atoms with Gasteiger partial charge < -0.3 is 5.32 Å². The largest absolute Gasteiger partial charge is 0.349 e. The highest BCUT2D eigenvalue weighted by atomic mass is 32.2. The van der Waals surface area contributed by atoms with Crippen molar-refractivity contribution in [2.75, 3.05) is 0 Å². The summed E-state index contributed by atoms with van der Waals surface area (Å²) in [5.41, 5.74) is 5.25. The van der Waals surface area contributed by atoms with Gasteiger partial charge in [0.05, 0.1) is 5.69 Å². The fourth-order valence-corrected chi connectivity index (χ4v) is 5.42. The minimum atomic E-state index is 0.0400. The van der Waals surface area contributed by atoms with Crippen molar-refractivity contribution < 1.29 is 4.79 Å². The average molecular weight is 421 g/mol. The Bertz CT molecular complexity index is 942. The van der Waals surface area contributed by atoms with Crippen LogP contribution in [-0.4, -0.2) is 17.7 Å². The van der Waals surface area contributed by atoms with Gasteiger partial charge in [0.15, 0.2) is 0 Å². The lowest BCUT2D eigenvalue weighted by molar-refractivity contribution is 0.0930. The second-order valence-corrected chi connectivity index (χ2v) is 9.69. The van der Waals surface area contributed by atoms with Gasteiger partial charge in [0.1, 0.15) is 0 Å². The summed E-state index contributed by atoms with van der Waals surface area (Å²) in [6.45, 7) is 4.32. The van der Waals surface area contributed by atoms with Gasteiger partial charge in [-0.15, -0.1) is 0 Å². The van der Waals surface area contributed by atoms with Crippen molar-refractivity contribution in [2.45, 2.75) is 87.5 Å². The molecule has 0 radical (unpaired) electrons. The van der Waals surface area contributed by atoms with Gasteiger partial charge in [-0.25, -0.2) is 0 Å². The van der Waals surface area contributed by atoms with Crippen molar-refractivity contribution in [1.82, 2.24) is 5.32 Å². The van der Waals surface area contributed by atoms with E-state index >= 15 is 0 Å². The molecule has 1 aliphatic carbocycles. The molecule has 2 aromatic rings. The number of carbonyl (C=O) groups is 1. The Morgan fingerprint density at radius 2 is 1.77 bits per heavy atom. The predicted octanol–water partition coefficient (Wildman–Crippen LogP) is 7.22. The lowest BCUT2D eigenvalue weighted by Crippen LogP contribution is -2.35. The highest BCUT2D eigenvalue weighted by Crippen LogP contribution is 2.41. The van der Waals surface area contributed by atoms with Crippen LogP contribution in [0.1, 0.15) is 86.2 Å². The van der Waals surface area contributed by atoms with Crippen LogP contribution in [-0.2, 0) is 0 Å². The van der Waals surface area contributed by atoms with E-state index in [0.29, 0.717) is 6.04 Å². The molecule has 1 heterocycles. The summed E-state index contributed by atoms with van der Waals surface area (Å²) in [4.78, 5) is 20.4. The van der Waals surface area contributed by atoms with Crippen molar-refractivity contribution in [3.63, 3.8) is 0 Å². The third-order valence-electron chi connectivity index (χ3n) is 6.07. The Morgan fingerprint density at radius 3 is 2.53 bits per heavy atom. The van der Waals surface area contributed by atoms with Gasteiger partial charge in [-0.2, -0.15) is 0 Å². The molecule has 0 saturated heterocycles. The third-order valence-corrected chi connectivity index (χ3v) is 7.21. The van der Waals surface area contributed by atoms with E-state index in [1.807, 2.05) is 12.1 Å². The molecule has 0 aromatic heterocycles. The van der Waals surface area contributed by atoms with Crippen LogP contribution in [0.4, 0.5) is 5.69 Å². The van der Waals surface area contributed by atoms with E-state index in [4.69, 9.17) is 4.99 Å². The van der Waals surface area contributed by atoms with Crippen LogP contribution in [0.15, 0.2) is 51.2 Å². The first-order valence-electron chi connectivity index (χ1n) is 11.5. The van der Waals surface area contributed by atoms with E-state index in [0.717, 1.165) is 47.5 Å². The number of aryl methyl sites for hydroxylation is 1. The normalized spacial score (nSPS) is 17.1. The zero-order valence-electron chi connectivity index (χ0n) is 18.2. The lowest BCUT2D eigenvalue weighted by atomic mass is 9.96. The van der Waals surface area contributed by atoms with Crippen molar-refractivity contribution >= 4 is 29.1 Å². The maximum atomic E-state index is 13.0. The fourth-order valence-electron chi connectivity index (χ4n) is 4.41. The Hall–Kier alpha value is -2.07. The third kappa shape index (κ3) is 4.97. The second-order valence-electron chi connectivity index (χ2n) is 8.61. The van der Waals surface area contributed by atoms with Gasteiger partial charge in [-0.05, 0) is 56.5 Å². The van der Waals surface area contributed by atoms with Crippen molar-refractivity contribution in [3.8, 4) is 0 Å². The minimum absolute atomic E-state index is 0.0400. The number of amides is 1. The quantitative estimate of drug-likeness (QED) is 0.567. The van der Waals surface area contributed by atoms with Crippen LogP contribution in [0, 0.1) is 6.92 Å². The molecule has 158 valence electrons. The number of rotatable bonds is 4. The number of hydrogen-bond acceptors (Lipinski definition) is 3. The molecule has 0 unspecified atom stereocenters. The molecule has 2 aromatic carbocycles. The molecule has 3 nitrogen and oxygen atoms in total. The molecule has 1 fully saturated rings. The topological polar surface area (TPSA) is 41.5 Å². The number of nitrogens with zero attached hydrogens (tertiary/aromatic N) is 1. The maximum Gasteiger partial charge on any atom is 0.251 e. The van der Waals surface area contributed by atoms with Gasteiger partial charge in [-0.3, -0.25) is 9.79 Å². The smallest absolute Gasteiger partial charge is 0.251 e. The monoisotopic (exact) mass is 420 g/mol. The molecule has 0 atom stereocenters. The molecule has 1 N–H and O–H groups in total. The van der Waals surface area contributed by atoms with Crippen LogP contribution in [0.25, 0.3) is 0 Å². The summed E-state index contributed by atoms with van der Waals surface area (Å²) < 4.78 is 0. The Kier molecular flexibility index (Phi) is 6.93. The predicted molar refractivity (Wildman–Crippen MR) is 126 cm³/mol. The number of fused-ring (bicyclic) bond motifs is 2. The fraction of sp³-hybridized carbons (Fsp3) is 0.462. The summed E-state index contributed by atoms with van der Waals surface area (Å²) in [5, 5.41) is 3.29. The number of carbonyl (C=O) groups excluding carboxylic acids is 1. The van der Waals surface area contributed by atoms with E-state index in [9.17, 15) is 4.79 Å².